The lowest BCUT2D eigenvalue weighted by atomic mass is 10.1. The van der Waals surface area contributed by atoms with Gasteiger partial charge in [-0.15, -0.1) is 12.3 Å². The van der Waals surface area contributed by atoms with Gasteiger partial charge in [0.15, 0.2) is 0 Å². The van der Waals surface area contributed by atoms with Gasteiger partial charge in [-0.05, 0) is 13.3 Å². The predicted molar refractivity (Wildman–Crippen MR) is 51.0 cm³/mol. The highest BCUT2D eigenvalue weighted by atomic mass is 16.2. The fraction of sp³-hybridized carbons (Fsp3) is 0.600. The molecule has 1 unspecified atom stereocenters. The summed E-state index contributed by atoms with van der Waals surface area (Å²) in [6, 6.07) is -0.00292. The minimum absolute atomic E-state index is 0.00292. The number of amides is 1. The van der Waals surface area contributed by atoms with Gasteiger partial charge in [0.1, 0.15) is 5.78 Å². The van der Waals surface area contributed by atoms with Crippen molar-refractivity contribution in [3.05, 3.63) is 0 Å². The third kappa shape index (κ3) is 5.92. The maximum atomic E-state index is 11.1. The first-order valence-electron chi connectivity index (χ1n) is 4.32. The van der Waals surface area contributed by atoms with Crippen LogP contribution in [0.3, 0.4) is 0 Å². The van der Waals surface area contributed by atoms with E-state index in [1.54, 1.807) is 0 Å². The lowest BCUT2D eigenvalue weighted by molar-refractivity contribution is -0.127. The zero-order valence-corrected chi connectivity index (χ0v) is 8.09. The molecule has 0 saturated carbocycles. The van der Waals surface area contributed by atoms with Crippen LogP contribution in [0.4, 0.5) is 0 Å². The molecule has 0 aliphatic heterocycles. The standard InChI is InChI=1S/C10H15NO2/c1-4-6-9(5-2)11-10(13)7-8(3)12/h1,9H,5-7H2,2-3H3,(H,11,13). The second-order valence-electron chi connectivity index (χ2n) is 2.96. The normalized spacial score (nSPS) is 11.5. The minimum atomic E-state index is -0.241. The van der Waals surface area contributed by atoms with Crippen molar-refractivity contribution < 1.29 is 9.59 Å². The molecule has 0 fully saturated rings. The Balaban J connectivity index is 3.88. The van der Waals surface area contributed by atoms with Crippen LogP contribution in [0.25, 0.3) is 0 Å². The molecule has 0 rings (SSSR count). The molecule has 1 N–H and O–H groups in total. The molecular weight excluding hydrogens is 166 g/mol. The molecule has 1 atom stereocenters. The van der Waals surface area contributed by atoms with Crippen LogP contribution in [0.2, 0.25) is 0 Å². The van der Waals surface area contributed by atoms with Gasteiger partial charge in [-0.3, -0.25) is 9.59 Å². The van der Waals surface area contributed by atoms with Gasteiger partial charge in [-0.25, -0.2) is 0 Å². The summed E-state index contributed by atoms with van der Waals surface area (Å²) < 4.78 is 0. The Morgan fingerprint density at radius 1 is 1.54 bits per heavy atom. The lowest BCUT2D eigenvalue weighted by Gasteiger charge is -2.13. The van der Waals surface area contributed by atoms with Gasteiger partial charge in [0.05, 0.1) is 6.42 Å². The van der Waals surface area contributed by atoms with E-state index in [9.17, 15) is 9.59 Å². The summed E-state index contributed by atoms with van der Waals surface area (Å²) in [4.78, 5) is 21.7. The van der Waals surface area contributed by atoms with Crippen molar-refractivity contribution in [2.45, 2.75) is 39.2 Å². The first-order chi connectivity index (χ1) is 6.10. The zero-order chi connectivity index (χ0) is 10.3. The van der Waals surface area contributed by atoms with E-state index in [4.69, 9.17) is 6.42 Å². The van der Waals surface area contributed by atoms with Crippen molar-refractivity contribution in [1.29, 1.82) is 0 Å². The Morgan fingerprint density at radius 2 is 2.15 bits per heavy atom. The number of carbonyl (C=O) groups is 2. The lowest BCUT2D eigenvalue weighted by Crippen LogP contribution is -2.34. The molecule has 3 heteroatoms. The van der Waals surface area contributed by atoms with E-state index in [0.717, 1.165) is 6.42 Å². The second kappa shape index (κ2) is 6.24. The molecule has 0 radical (unpaired) electrons. The van der Waals surface area contributed by atoms with Crippen LogP contribution in [0.15, 0.2) is 0 Å². The summed E-state index contributed by atoms with van der Waals surface area (Å²) in [5, 5.41) is 2.70. The van der Waals surface area contributed by atoms with Gasteiger partial charge in [0, 0.05) is 12.5 Å². The summed E-state index contributed by atoms with van der Waals surface area (Å²) in [7, 11) is 0. The van der Waals surface area contributed by atoms with E-state index in [0.29, 0.717) is 6.42 Å². The first-order valence-corrected chi connectivity index (χ1v) is 4.32. The average Bonchev–Trinajstić information content (AvgIpc) is 2.02. The molecular formula is C10H15NO2. The van der Waals surface area contributed by atoms with Crippen LogP contribution >= 0.6 is 0 Å². The Labute approximate surface area is 78.9 Å². The Hall–Kier alpha value is -1.30. The highest BCUT2D eigenvalue weighted by molar-refractivity contribution is 5.96. The SMILES string of the molecule is C#CCC(CC)NC(=O)CC(C)=O. The van der Waals surface area contributed by atoms with Crippen molar-refractivity contribution in [3.63, 3.8) is 0 Å². The maximum Gasteiger partial charge on any atom is 0.227 e. The van der Waals surface area contributed by atoms with Crippen LogP contribution < -0.4 is 5.32 Å². The summed E-state index contributed by atoms with van der Waals surface area (Å²) in [6.07, 6.45) is 6.36. The third-order valence-electron chi connectivity index (χ3n) is 1.63. The van der Waals surface area contributed by atoms with Gasteiger partial charge in [-0.2, -0.15) is 0 Å². The molecule has 0 aromatic carbocycles. The molecule has 0 saturated heterocycles. The summed E-state index contributed by atoms with van der Waals surface area (Å²) in [5.74, 6) is 2.11. The summed E-state index contributed by atoms with van der Waals surface area (Å²) >= 11 is 0. The van der Waals surface area contributed by atoms with Crippen molar-refractivity contribution in [3.8, 4) is 12.3 Å². The molecule has 0 heterocycles. The van der Waals surface area contributed by atoms with Crippen molar-refractivity contribution in [2.24, 2.45) is 0 Å². The number of carbonyl (C=O) groups excluding carboxylic acids is 2. The van der Waals surface area contributed by atoms with E-state index in [-0.39, 0.29) is 24.2 Å². The predicted octanol–water partition coefficient (Wildman–Crippen LogP) is 0.884. The molecule has 0 aromatic rings. The van der Waals surface area contributed by atoms with Gasteiger partial charge < -0.3 is 5.32 Å². The average molecular weight is 181 g/mol. The molecule has 0 spiro atoms. The smallest absolute Gasteiger partial charge is 0.227 e. The molecule has 0 bridgehead atoms. The quantitative estimate of drug-likeness (QED) is 0.505. The highest BCUT2D eigenvalue weighted by Crippen LogP contribution is 1.96. The molecule has 0 aromatic heterocycles. The number of nitrogens with one attached hydrogen (secondary N) is 1. The molecule has 3 nitrogen and oxygen atoms in total. The number of hydrogen-bond acceptors (Lipinski definition) is 2. The van der Waals surface area contributed by atoms with E-state index < -0.39 is 0 Å². The molecule has 0 aliphatic carbocycles. The number of ketones is 1. The number of terminal acetylenes is 1. The van der Waals surface area contributed by atoms with Crippen LogP contribution in [0, 0.1) is 12.3 Å². The zero-order valence-electron chi connectivity index (χ0n) is 8.09. The molecule has 72 valence electrons. The molecule has 0 aliphatic rings. The number of hydrogen-bond donors (Lipinski definition) is 1. The Bertz CT molecular complexity index is 228. The molecule has 1 amide bonds. The van der Waals surface area contributed by atoms with E-state index >= 15 is 0 Å². The topological polar surface area (TPSA) is 46.2 Å². The van der Waals surface area contributed by atoms with Crippen LogP contribution in [-0.2, 0) is 9.59 Å². The summed E-state index contributed by atoms with van der Waals surface area (Å²) in [6.45, 7) is 3.33. The Morgan fingerprint density at radius 3 is 2.54 bits per heavy atom. The highest BCUT2D eigenvalue weighted by Gasteiger charge is 2.10. The van der Waals surface area contributed by atoms with E-state index in [1.165, 1.54) is 6.92 Å². The molecule has 13 heavy (non-hydrogen) atoms. The van der Waals surface area contributed by atoms with E-state index in [2.05, 4.69) is 11.2 Å². The first kappa shape index (κ1) is 11.7. The minimum Gasteiger partial charge on any atom is -0.352 e. The largest absolute Gasteiger partial charge is 0.352 e. The third-order valence-corrected chi connectivity index (χ3v) is 1.63. The van der Waals surface area contributed by atoms with E-state index in [1.807, 2.05) is 6.92 Å². The van der Waals surface area contributed by atoms with Crippen molar-refractivity contribution >= 4 is 11.7 Å². The monoisotopic (exact) mass is 181 g/mol. The summed E-state index contributed by atoms with van der Waals surface area (Å²) in [5.41, 5.74) is 0. The van der Waals surface area contributed by atoms with Crippen LogP contribution in [0.5, 0.6) is 0 Å². The van der Waals surface area contributed by atoms with Gasteiger partial charge >= 0.3 is 0 Å². The van der Waals surface area contributed by atoms with Crippen LogP contribution in [0.1, 0.15) is 33.1 Å². The number of rotatable bonds is 5. The van der Waals surface area contributed by atoms with Crippen LogP contribution in [-0.4, -0.2) is 17.7 Å². The van der Waals surface area contributed by atoms with Gasteiger partial charge in [0.25, 0.3) is 0 Å². The fourth-order valence-electron chi connectivity index (χ4n) is 0.944. The van der Waals surface area contributed by atoms with Crippen molar-refractivity contribution in [2.75, 3.05) is 0 Å². The fourth-order valence-corrected chi connectivity index (χ4v) is 0.944. The van der Waals surface area contributed by atoms with Crippen molar-refractivity contribution in [1.82, 2.24) is 5.32 Å². The van der Waals surface area contributed by atoms with Gasteiger partial charge in [0.2, 0.25) is 5.91 Å². The number of Topliss-reactive ketones (excluding diaryl/α,β-unsaturated/α-hetero) is 1. The van der Waals surface area contributed by atoms with Gasteiger partial charge in [-0.1, -0.05) is 6.92 Å². The maximum absolute atomic E-state index is 11.1. The Kier molecular flexibility index (Phi) is 5.62. The second-order valence-corrected chi connectivity index (χ2v) is 2.96.